The van der Waals surface area contributed by atoms with Crippen molar-refractivity contribution in [1.29, 1.82) is 0 Å². The van der Waals surface area contributed by atoms with Crippen LogP contribution in [-0.4, -0.2) is 24.2 Å². The maximum absolute atomic E-state index is 11.9. The van der Waals surface area contributed by atoms with Gasteiger partial charge in [0.05, 0.1) is 5.75 Å². The van der Waals surface area contributed by atoms with Crippen molar-refractivity contribution in [3.05, 3.63) is 63.6 Å². The second kappa shape index (κ2) is 9.70. The molecule has 2 rings (SSSR count). The Kier molecular flexibility index (Phi) is 7.62. The molecule has 2 aromatic rings. The van der Waals surface area contributed by atoms with Crippen LogP contribution in [0.5, 0.6) is 0 Å². The molecule has 0 saturated heterocycles. The Labute approximate surface area is 160 Å². The minimum atomic E-state index is -0.449. The number of carbonyl (C=O) groups excluding carboxylic acids is 2. The standard InChI is InChI=1S/C18H17Cl2NO3S/c1-12-6-7-14(19)8-16(12)21-17(22)9-24-18(23)11-25-10-13-4-2-3-5-15(13)20/h2-8H,9-11H2,1H3,(H,21,22). The van der Waals surface area contributed by atoms with E-state index in [1.54, 1.807) is 24.3 Å². The van der Waals surface area contributed by atoms with E-state index in [4.69, 9.17) is 27.9 Å². The van der Waals surface area contributed by atoms with Crippen molar-refractivity contribution in [3.8, 4) is 0 Å². The first-order valence-electron chi connectivity index (χ1n) is 7.48. The van der Waals surface area contributed by atoms with Crippen LogP contribution in [0.1, 0.15) is 11.1 Å². The molecule has 0 radical (unpaired) electrons. The third-order valence-corrected chi connectivity index (χ3v) is 4.83. The molecule has 1 N–H and O–H groups in total. The Morgan fingerprint density at radius 1 is 1.16 bits per heavy atom. The van der Waals surface area contributed by atoms with Crippen molar-refractivity contribution in [2.24, 2.45) is 0 Å². The maximum atomic E-state index is 11.9. The zero-order valence-corrected chi connectivity index (χ0v) is 15.9. The summed E-state index contributed by atoms with van der Waals surface area (Å²) in [4.78, 5) is 23.6. The number of benzene rings is 2. The summed E-state index contributed by atoms with van der Waals surface area (Å²) in [5.41, 5.74) is 2.43. The molecule has 0 saturated carbocycles. The molecule has 0 atom stereocenters. The van der Waals surface area contributed by atoms with Gasteiger partial charge in [0.1, 0.15) is 0 Å². The van der Waals surface area contributed by atoms with Gasteiger partial charge in [-0.3, -0.25) is 9.59 Å². The third-order valence-electron chi connectivity index (χ3n) is 3.27. The number of carbonyl (C=O) groups is 2. The predicted octanol–water partition coefficient (Wildman–Crippen LogP) is 4.72. The Balaban J connectivity index is 1.71. The number of hydrogen-bond donors (Lipinski definition) is 1. The second-order valence-corrected chi connectivity index (χ2v) is 7.08. The molecule has 0 unspecified atom stereocenters. The van der Waals surface area contributed by atoms with E-state index in [1.807, 2.05) is 25.1 Å². The molecule has 0 aliphatic carbocycles. The van der Waals surface area contributed by atoms with Gasteiger partial charge in [-0.05, 0) is 36.2 Å². The minimum Gasteiger partial charge on any atom is -0.455 e. The number of rotatable bonds is 7. The fourth-order valence-electron chi connectivity index (χ4n) is 1.96. The number of ether oxygens (including phenoxy) is 1. The summed E-state index contributed by atoms with van der Waals surface area (Å²) in [6.07, 6.45) is 0. The summed E-state index contributed by atoms with van der Waals surface area (Å²) in [6, 6.07) is 12.6. The highest BCUT2D eigenvalue weighted by Gasteiger charge is 2.10. The van der Waals surface area contributed by atoms with Gasteiger partial charge in [-0.15, -0.1) is 11.8 Å². The van der Waals surface area contributed by atoms with Crippen LogP contribution < -0.4 is 5.32 Å². The first-order chi connectivity index (χ1) is 12.0. The minimum absolute atomic E-state index is 0.148. The Morgan fingerprint density at radius 3 is 2.68 bits per heavy atom. The zero-order valence-electron chi connectivity index (χ0n) is 13.6. The Hall–Kier alpha value is -1.69. The third kappa shape index (κ3) is 6.61. The SMILES string of the molecule is Cc1ccc(Cl)cc1NC(=O)COC(=O)CSCc1ccccc1Cl. The van der Waals surface area contributed by atoms with Crippen LogP contribution in [0.3, 0.4) is 0 Å². The van der Waals surface area contributed by atoms with Crippen LogP contribution in [0.25, 0.3) is 0 Å². The average Bonchev–Trinajstić information content (AvgIpc) is 2.58. The van der Waals surface area contributed by atoms with Gasteiger partial charge in [-0.25, -0.2) is 0 Å². The molecule has 0 aliphatic rings. The van der Waals surface area contributed by atoms with Crippen LogP contribution in [-0.2, 0) is 20.1 Å². The lowest BCUT2D eigenvalue weighted by Crippen LogP contribution is -2.22. The van der Waals surface area contributed by atoms with Gasteiger partial charge in [0, 0.05) is 21.5 Å². The number of anilines is 1. The van der Waals surface area contributed by atoms with Crippen LogP contribution in [0.15, 0.2) is 42.5 Å². The van der Waals surface area contributed by atoms with Crippen LogP contribution in [0.4, 0.5) is 5.69 Å². The van der Waals surface area contributed by atoms with Crippen molar-refractivity contribution in [2.75, 3.05) is 17.7 Å². The summed E-state index contributed by atoms with van der Waals surface area (Å²) in [6.45, 7) is 1.51. The zero-order chi connectivity index (χ0) is 18.2. The van der Waals surface area contributed by atoms with E-state index in [1.165, 1.54) is 11.8 Å². The van der Waals surface area contributed by atoms with Gasteiger partial charge in [0.15, 0.2) is 6.61 Å². The molecule has 0 aliphatic heterocycles. The second-order valence-electron chi connectivity index (χ2n) is 5.25. The molecule has 132 valence electrons. The van der Waals surface area contributed by atoms with Crippen molar-refractivity contribution in [1.82, 2.24) is 0 Å². The first kappa shape index (κ1) is 19.6. The average molecular weight is 398 g/mol. The van der Waals surface area contributed by atoms with Crippen molar-refractivity contribution in [3.63, 3.8) is 0 Å². The maximum Gasteiger partial charge on any atom is 0.316 e. The van der Waals surface area contributed by atoms with E-state index in [9.17, 15) is 9.59 Å². The lowest BCUT2D eigenvalue weighted by atomic mass is 10.2. The highest BCUT2D eigenvalue weighted by Crippen LogP contribution is 2.21. The number of halogens is 2. The van der Waals surface area contributed by atoms with Gasteiger partial charge in [0.2, 0.25) is 0 Å². The molecule has 7 heteroatoms. The molecular weight excluding hydrogens is 381 g/mol. The smallest absolute Gasteiger partial charge is 0.316 e. The number of aryl methyl sites for hydroxylation is 1. The Bertz CT molecular complexity index is 768. The molecule has 0 bridgehead atoms. The van der Waals surface area contributed by atoms with Crippen LogP contribution in [0, 0.1) is 6.92 Å². The number of thioether (sulfide) groups is 1. The highest BCUT2D eigenvalue weighted by molar-refractivity contribution is 7.99. The van der Waals surface area contributed by atoms with E-state index in [0.717, 1.165) is 11.1 Å². The van der Waals surface area contributed by atoms with E-state index in [2.05, 4.69) is 5.32 Å². The monoisotopic (exact) mass is 397 g/mol. The summed E-state index contributed by atoms with van der Waals surface area (Å²) in [5, 5.41) is 3.86. The molecule has 2 aromatic carbocycles. The van der Waals surface area contributed by atoms with E-state index >= 15 is 0 Å². The lowest BCUT2D eigenvalue weighted by Gasteiger charge is -2.09. The van der Waals surface area contributed by atoms with Gasteiger partial charge in [-0.2, -0.15) is 0 Å². The summed E-state index contributed by atoms with van der Waals surface area (Å²) >= 11 is 13.3. The normalized spacial score (nSPS) is 10.4. The molecule has 0 aromatic heterocycles. The van der Waals surface area contributed by atoms with Crippen molar-refractivity contribution >= 4 is 52.5 Å². The molecule has 25 heavy (non-hydrogen) atoms. The quantitative estimate of drug-likeness (QED) is 0.686. The fraction of sp³-hybridized carbons (Fsp3) is 0.222. The summed E-state index contributed by atoms with van der Waals surface area (Å²) in [7, 11) is 0. The number of esters is 1. The largest absolute Gasteiger partial charge is 0.455 e. The van der Waals surface area contributed by atoms with Crippen molar-refractivity contribution in [2.45, 2.75) is 12.7 Å². The lowest BCUT2D eigenvalue weighted by molar-refractivity contribution is -0.144. The molecule has 0 spiro atoms. The summed E-state index contributed by atoms with van der Waals surface area (Å²) in [5.74, 6) is -0.109. The number of nitrogens with one attached hydrogen (secondary N) is 1. The summed E-state index contributed by atoms with van der Waals surface area (Å²) < 4.78 is 4.98. The van der Waals surface area contributed by atoms with Gasteiger partial charge < -0.3 is 10.1 Å². The Morgan fingerprint density at radius 2 is 1.92 bits per heavy atom. The van der Waals surface area contributed by atoms with Crippen molar-refractivity contribution < 1.29 is 14.3 Å². The van der Waals surface area contributed by atoms with Gasteiger partial charge in [-0.1, -0.05) is 47.5 Å². The van der Waals surface area contributed by atoms with Crippen LogP contribution in [0.2, 0.25) is 10.0 Å². The molecule has 1 amide bonds. The molecule has 4 nitrogen and oxygen atoms in total. The number of amides is 1. The van der Waals surface area contributed by atoms with E-state index < -0.39 is 11.9 Å². The molecule has 0 fully saturated rings. The van der Waals surface area contributed by atoms with E-state index in [-0.39, 0.29) is 12.4 Å². The highest BCUT2D eigenvalue weighted by atomic mass is 35.5. The first-order valence-corrected chi connectivity index (χ1v) is 9.39. The van der Waals surface area contributed by atoms with Gasteiger partial charge >= 0.3 is 5.97 Å². The molecule has 0 heterocycles. The topological polar surface area (TPSA) is 55.4 Å². The molecular formula is C18H17Cl2NO3S. The van der Waals surface area contributed by atoms with Crippen LogP contribution >= 0.6 is 35.0 Å². The predicted molar refractivity (Wildman–Crippen MR) is 103 cm³/mol. The fourth-order valence-corrected chi connectivity index (χ4v) is 3.24. The van der Waals surface area contributed by atoms with E-state index in [0.29, 0.717) is 21.5 Å². The number of hydrogen-bond acceptors (Lipinski definition) is 4. The van der Waals surface area contributed by atoms with Gasteiger partial charge in [0.25, 0.3) is 5.91 Å².